The Balaban J connectivity index is 1.54. The molecule has 0 amide bonds. The molecule has 0 atom stereocenters. The molecule has 3 aromatic rings. The number of hydrogen-bond donors (Lipinski definition) is 1. The molecule has 0 radical (unpaired) electrons. The predicted octanol–water partition coefficient (Wildman–Crippen LogP) is 2.26. The molecule has 0 unspecified atom stereocenters. The van der Waals surface area contributed by atoms with Crippen LogP contribution < -0.4 is 5.32 Å². The van der Waals surface area contributed by atoms with Gasteiger partial charge < -0.3 is 9.84 Å². The summed E-state index contributed by atoms with van der Waals surface area (Å²) in [7, 11) is 0. The van der Waals surface area contributed by atoms with Crippen molar-refractivity contribution in [2.45, 2.75) is 19.9 Å². The molecule has 5 nitrogen and oxygen atoms in total. The maximum Gasteiger partial charge on any atom is 0.227 e. The first kappa shape index (κ1) is 12.7. The van der Waals surface area contributed by atoms with E-state index in [1.54, 1.807) is 0 Å². The van der Waals surface area contributed by atoms with E-state index in [1.807, 2.05) is 25.4 Å². The van der Waals surface area contributed by atoms with Crippen molar-refractivity contribution in [1.82, 2.24) is 20.4 Å². The van der Waals surface area contributed by atoms with Crippen LogP contribution in [0.5, 0.6) is 0 Å². The number of aromatic nitrogens is 3. The molecule has 1 aromatic carbocycles. The molecular formula is C15H16N4O. The Morgan fingerprint density at radius 1 is 1.20 bits per heavy atom. The third kappa shape index (κ3) is 3.00. The van der Waals surface area contributed by atoms with Crippen LogP contribution in [0.3, 0.4) is 0 Å². The predicted molar refractivity (Wildman–Crippen MR) is 76.2 cm³/mol. The van der Waals surface area contributed by atoms with Crippen LogP contribution in [0.4, 0.5) is 0 Å². The number of hydrogen-bond acceptors (Lipinski definition) is 5. The van der Waals surface area contributed by atoms with Crippen molar-refractivity contribution < 1.29 is 4.52 Å². The zero-order valence-electron chi connectivity index (χ0n) is 11.3. The van der Waals surface area contributed by atoms with Crippen LogP contribution >= 0.6 is 0 Å². The lowest BCUT2D eigenvalue weighted by Gasteiger charge is -2.05. The molecule has 102 valence electrons. The molecule has 0 aliphatic carbocycles. The van der Waals surface area contributed by atoms with E-state index in [0.717, 1.165) is 24.9 Å². The molecule has 0 bridgehead atoms. The van der Waals surface area contributed by atoms with Crippen LogP contribution in [0.1, 0.15) is 17.3 Å². The van der Waals surface area contributed by atoms with Gasteiger partial charge >= 0.3 is 0 Å². The fraction of sp³-hybridized carbons (Fsp3) is 0.267. The Morgan fingerprint density at radius 2 is 2.15 bits per heavy atom. The summed E-state index contributed by atoms with van der Waals surface area (Å²) in [5.74, 6) is 1.36. The summed E-state index contributed by atoms with van der Waals surface area (Å²) in [6, 6.07) is 8.43. The molecule has 3 rings (SSSR count). The molecular weight excluding hydrogens is 252 g/mol. The summed E-state index contributed by atoms with van der Waals surface area (Å²) in [6.07, 6.45) is 4.44. The van der Waals surface area contributed by atoms with Crippen LogP contribution in [0.25, 0.3) is 10.8 Å². The molecule has 0 fully saturated rings. The molecule has 2 heterocycles. The lowest BCUT2D eigenvalue weighted by Crippen LogP contribution is -2.16. The Hall–Kier alpha value is -2.27. The van der Waals surface area contributed by atoms with Gasteiger partial charge in [0.05, 0.1) is 0 Å². The number of aryl methyl sites for hydroxylation is 1. The van der Waals surface area contributed by atoms with E-state index >= 15 is 0 Å². The van der Waals surface area contributed by atoms with Gasteiger partial charge in [-0.3, -0.25) is 4.98 Å². The van der Waals surface area contributed by atoms with E-state index in [4.69, 9.17) is 4.52 Å². The topological polar surface area (TPSA) is 63.8 Å². The fourth-order valence-corrected chi connectivity index (χ4v) is 2.11. The van der Waals surface area contributed by atoms with Gasteiger partial charge in [0.25, 0.3) is 0 Å². The van der Waals surface area contributed by atoms with Crippen molar-refractivity contribution in [3.05, 3.63) is 53.9 Å². The summed E-state index contributed by atoms with van der Waals surface area (Å²) < 4.78 is 5.07. The molecule has 0 aliphatic heterocycles. The van der Waals surface area contributed by atoms with Gasteiger partial charge in [-0.05, 0) is 30.0 Å². The largest absolute Gasteiger partial charge is 0.339 e. The van der Waals surface area contributed by atoms with Crippen LogP contribution in [0, 0.1) is 6.92 Å². The molecule has 20 heavy (non-hydrogen) atoms. The minimum atomic E-state index is 0.680. The SMILES string of the molecule is Cc1noc(CCNCc2ccc3cnccc3c2)n1. The Labute approximate surface area is 117 Å². The van der Waals surface area contributed by atoms with Crippen LogP contribution in [0.2, 0.25) is 0 Å². The fourth-order valence-electron chi connectivity index (χ4n) is 2.11. The Kier molecular flexibility index (Phi) is 3.69. The molecule has 0 spiro atoms. The standard InChI is InChI=1S/C15H16N4O/c1-11-18-15(20-19-11)5-7-16-9-12-2-3-14-10-17-6-4-13(14)8-12/h2-4,6,8,10,16H,5,7,9H2,1H3. The number of rotatable bonds is 5. The molecule has 0 aliphatic rings. The highest BCUT2D eigenvalue weighted by Crippen LogP contribution is 2.14. The monoisotopic (exact) mass is 268 g/mol. The highest BCUT2D eigenvalue weighted by atomic mass is 16.5. The Morgan fingerprint density at radius 3 is 3.00 bits per heavy atom. The van der Waals surface area contributed by atoms with Crippen LogP contribution in [-0.4, -0.2) is 21.7 Å². The second kappa shape index (κ2) is 5.79. The average molecular weight is 268 g/mol. The second-order valence-corrected chi connectivity index (χ2v) is 4.72. The number of fused-ring (bicyclic) bond motifs is 1. The zero-order valence-corrected chi connectivity index (χ0v) is 11.3. The quantitative estimate of drug-likeness (QED) is 0.719. The lowest BCUT2D eigenvalue weighted by atomic mass is 10.1. The van der Waals surface area contributed by atoms with Crippen LogP contribution in [-0.2, 0) is 13.0 Å². The van der Waals surface area contributed by atoms with Crippen molar-refractivity contribution in [3.63, 3.8) is 0 Å². The molecule has 2 aromatic heterocycles. The van der Waals surface area contributed by atoms with Gasteiger partial charge in [-0.1, -0.05) is 17.3 Å². The van der Waals surface area contributed by atoms with Gasteiger partial charge in [0.1, 0.15) is 0 Å². The third-order valence-corrected chi connectivity index (χ3v) is 3.12. The van der Waals surface area contributed by atoms with Gasteiger partial charge in [0.2, 0.25) is 5.89 Å². The highest BCUT2D eigenvalue weighted by molar-refractivity contribution is 5.81. The van der Waals surface area contributed by atoms with Crippen molar-refractivity contribution in [2.24, 2.45) is 0 Å². The summed E-state index contributed by atoms with van der Waals surface area (Å²) in [5.41, 5.74) is 1.26. The smallest absolute Gasteiger partial charge is 0.227 e. The van der Waals surface area contributed by atoms with E-state index in [0.29, 0.717) is 11.7 Å². The number of nitrogens with one attached hydrogen (secondary N) is 1. The van der Waals surface area contributed by atoms with Gasteiger partial charge in [0.15, 0.2) is 5.82 Å². The lowest BCUT2D eigenvalue weighted by molar-refractivity contribution is 0.372. The summed E-state index contributed by atoms with van der Waals surface area (Å²) >= 11 is 0. The van der Waals surface area contributed by atoms with Crippen molar-refractivity contribution in [3.8, 4) is 0 Å². The first-order chi connectivity index (χ1) is 9.81. The summed E-state index contributed by atoms with van der Waals surface area (Å²) in [6.45, 7) is 3.46. The van der Waals surface area contributed by atoms with E-state index in [9.17, 15) is 0 Å². The van der Waals surface area contributed by atoms with E-state index in [-0.39, 0.29) is 0 Å². The minimum absolute atomic E-state index is 0.680. The molecule has 5 heteroatoms. The van der Waals surface area contributed by atoms with Gasteiger partial charge in [-0.25, -0.2) is 0 Å². The number of pyridine rings is 1. The first-order valence-corrected chi connectivity index (χ1v) is 6.64. The maximum absolute atomic E-state index is 5.07. The average Bonchev–Trinajstić information content (AvgIpc) is 2.89. The zero-order chi connectivity index (χ0) is 13.8. The van der Waals surface area contributed by atoms with Gasteiger partial charge in [0, 0.05) is 37.3 Å². The minimum Gasteiger partial charge on any atom is -0.339 e. The normalized spacial score (nSPS) is 11.1. The van der Waals surface area contributed by atoms with Crippen molar-refractivity contribution >= 4 is 10.8 Å². The van der Waals surface area contributed by atoms with Gasteiger partial charge in [-0.2, -0.15) is 4.98 Å². The van der Waals surface area contributed by atoms with Crippen LogP contribution in [0.15, 0.2) is 41.2 Å². The molecule has 0 saturated carbocycles. The first-order valence-electron chi connectivity index (χ1n) is 6.64. The van der Waals surface area contributed by atoms with E-state index in [2.05, 4.69) is 38.6 Å². The molecule has 1 N–H and O–H groups in total. The van der Waals surface area contributed by atoms with Gasteiger partial charge in [-0.15, -0.1) is 0 Å². The Bertz CT molecular complexity index is 708. The van der Waals surface area contributed by atoms with E-state index < -0.39 is 0 Å². The maximum atomic E-state index is 5.07. The number of benzene rings is 1. The summed E-state index contributed by atoms with van der Waals surface area (Å²) in [4.78, 5) is 8.29. The number of nitrogens with zero attached hydrogens (tertiary/aromatic N) is 3. The molecule has 0 saturated heterocycles. The van der Waals surface area contributed by atoms with Crippen molar-refractivity contribution in [2.75, 3.05) is 6.54 Å². The third-order valence-electron chi connectivity index (χ3n) is 3.12. The highest BCUT2D eigenvalue weighted by Gasteiger charge is 2.02. The van der Waals surface area contributed by atoms with E-state index in [1.165, 1.54) is 10.9 Å². The summed E-state index contributed by atoms with van der Waals surface area (Å²) in [5, 5.41) is 9.53. The van der Waals surface area contributed by atoms with Crippen molar-refractivity contribution in [1.29, 1.82) is 0 Å². The second-order valence-electron chi connectivity index (χ2n) is 4.72.